The van der Waals surface area contributed by atoms with Crippen LogP contribution in [-0.2, 0) is 22.7 Å². The monoisotopic (exact) mass is 787 g/mol. The smallest absolute Gasteiger partial charge is 0.341 e. The third-order valence-electron chi connectivity index (χ3n) is 11.5. The number of hydrogen-bond donors (Lipinski definition) is 0. The first-order valence-corrected chi connectivity index (χ1v) is 20.3. The van der Waals surface area contributed by atoms with Crippen molar-refractivity contribution < 1.29 is 28.5 Å². The summed E-state index contributed by atoms with van der Waals surface area (Å²) in [7, 11) is 0. The van der Waals surface area contributed by atoms with E-state index < -0.39 is 11.9 Å². The highest BCUT2D eigenvalue weighted by molar-refractivity contribution is 6.18. The average molecular weight is 788 g/mol. The van der Waals surface area contributed by atoms with Gasteiger partial charge < -0.3 is 18.9 Å². The van der Waals surface area contributed by atoms with Gasteiger partial charge in [-0.2, -0.15) is 0 Å². The number of carbonyl (C=O) groups is 2. The van der Waals surface area contributed by atoms with Gasteiger partial charge in [-0.3, -0.25) is 14.3 Å². The molecule has 9 nitrogen and oxygen atoms in total. The number of ether oxygens (including phenoxy) is 4. The molecule has 6 aromatic rings. The van der Waals surface area contributed by atoms with Crippen molar-refractivity contribution in [2.45, 2.75) is 66.2 Å². The van der Waals surface area contributed by atoms with Crippen LogP contribution in [0.5, 0.6) is 11.5 Å². The summed E-state index contributed by atoms with van der Waals surface area (Å²) in [5.41, 5.74) is 5.35. The lowest BCUT2D eigenvalue weighted by molar-refractivity contribution is 0.0464. The zero-order chi connectivity index (χ0) is 39.7. The molecule has 0 N–H and O–H groups in total. The van der Waals surface area contributed by atoms with Gasteiger partial charge in [0.15, 0.2) is 0 Å². The molecule has 1 saturated heterocycles. The summed E-state index contributed by atoms with van der Waals surface area (Å²) in [5, 5.41) is 1.32. The fourth-order valence-electron chi connectivity index (χ4n) is 9.49. The summed E-state index contributed by atoms with van der Waals surface area (Å²) in [4.78, 5) is 30.6. The van der Waals surface area contributed by atoms with Crippen molar-refractivity contribution in [2.24, 2.45) is 10.8 Å². The van der Waals surface area contributed by atoms with Crippen LogP contribution in [0, 0.1) is 17.8 Å². The number of fused-ring (bicyclic) bond motifs is 4. The molecular weight excluding hydrogens is 738 g/mol. The maximum atomic E-state index is 14.0. The minimum atomic E-state index is -0.469. The van der Waals surface area contributed by atoms with Gasteiger partial charge in [-0.05, 0) is 84.5 Å². The van der Waals surface area contributed by atoms with Gasteiger partial charge in [-0.25, -0.2) is 9.59 Å². The zero-order valence-electron chi connectivity index (χ0n) is 33.1. The van der Waals surface area contributed by atoms with Crippen LogP contribution in [0.3, 0.4) is 0 Å². The lowest BCUT2D eigenvalue weighted by atomic mass is 9.65. The van der Waals surface area contributed by atoms with E-state index in [0.29, 0.717) is 75.1 Å². The SMILES string of the molecule is Cc1c(C(=O)OCc2ccccc2)c2cc(OCCCl)ccc2n1-n1cc(C(=O)OCc2ccccc2)c2cc(OCCN3CC4(C)CC3CC(C)(C)C4)ccc21. The van der Waals surface area contributed by atoms with E-state index in [1.54, 1.807) is 6.20 Å². The van der Waals surface area contributed by atoms with Gasteiger partial charge in [0, 0.05) is 36.1 Å². The van der Waals surface area contributed by atoms with E-state index >= 15 is 0 Å². The minimum Gasteiger partial charge on any atom is -0.492 e. The predicted octanol–water partition coefficient (Wildman–Crippen LogP) is 9.83. The summed E-state index contributed by atoms with van der Waals surface area (Å²) in [6, 6.07) is 31.2. The highest BCUT2D eigenvalue weighted by Gasteiger charge is 2.49. The Bertz CT molecular complexity index is 2400. The number of carbonyl (C=O) groups excluding carboxylic acids is 2. The van der Waals surface area contributed by atoms with Crippen molar-refractivity contribution in [3.8, 4) is 11.5 Å². The number of esters is 2. The van der Waals surface area contributed by atoms with Crippen LogP contribution in [-0.4, -0.2) is 64.4 Å². The highest BCUT2D eigenvalue weighted by Crippen LogP contribution is 2.52. The second-order valence-electron chi connectivity index (χ2n) is 16.7. The summed E-state index contributed by atoms with van der Waals surface area (Å²) in [6.07, 6.45) is 5.47. The van der Waals surface area contributed by atoms with E-state index in [0.717, 1.165) is 35.2 Å². The molecule has 0 spiro atoms. The number of alkyl halides is 1. The molecule has 1 aliphatic heterocycles. The minimum absolute atomic E-state index is 0.122. The molecule has 10 heteroatoms. The van der Waals surface area contributed by atoms with E-state index in [2.05, 4.69) is 25.7 Å². The molecule has 2 unspecified atom stereocenters. The number of benzene rings is 4. The summed E-state index contributed by atoms with van der Waals surface area (Å²) in [6.45, 7) is 12.1. The molecule has 1 saturated carbocycles. The second kappa shape index (κ2) is 15.9. The standard InChI is InChI=1S/C47H50ClN3O6/c1-32-43(45(53)57-29-34-13-9-6-10-14-34)39-24-37(54-21-19-48)16-18-42(39)51(32)50-27-40(44(52)56-28-33-11-7-5-8-12-33)38-23-36(15-17-41(38)50)55-22-20-49-31-47(4)26-35(49)25-46(2,3)30-47/h5-18,23-24,27,35H,19-22,25-26,28-31H2,1-4H3. The number of likely N-dealkylation sites (tertiary alicyclic amines) is 1. The number of aromatic nitrogens is 2. The Morgan fingerprint density at radius 2 is 1.37 bits per heavy atom. The first-order chi connectivity index (χ1) is 27.5. The predicted molar refractivity (Wildman–Crippen MR) is 223 cm³/mol. The van der Waals surface area contributed by atoms with E-state index in [1.165, 1.54) is 19.3 Å². The molecule has 57 heavy (non-hydrogen) atoms. The molecule has 2 aromatic heterocycles. The van der Waals surface area contributed by atoms with Crippen molar-refractivity contribution in [3.05, 3.63) is 131 Å². The average Bonchev–Trinajstić information content (AvgIpc) is 3.79. The van der Waals surface area contributed by atoms with Crippen molar-refractivity contribution >= 4 is 45.3 Å². The third-order valence-corrected chi connectivity index (χ3v) is 11.6. The van der Waals surface area contributed by atoms with Gasteiger partial charge >= 0.3 is 11.9 Å². The lowest BCUT2D eigenvalue weighted by Crippen LogP contribution is -2.36. The maximum Gasteiger partial charge on any atom is 0.341 e. The highest BCUT2D eigenvalue weighted by atomic mass is 35.5. The van der Waals surface area contributed by atoms with Gasteiger partial charge in [0.1, 0.15) is 37.9 Å². The largest absolute Gasteiger partial charge is 0.492 e. The quantitative estimate of drug-likeness (QED) is 0.0803. The van der Waals surface area contributed by atoms with Crippen LogP contribution in [0.2, 0.25) is 0 Å². The Labute approximate surface area is 339 Å². The van der Waals surface area contributed by atoms with Gasteiger partial charge in [0.05, 0.1) is 33.7 Å². The molecule has 2 atom stereocenters. The molecular formula is C47H50ClN3O6. The Morgan fingerprint density at radius 3 is 2.04 bits per heavy atom. The molecule has 1 aliphatic carbocycles. The molecule has 2 aliphatic rings. The van der Waals surface area contributed by atoms with Gasteiger partial charge in [-0.1, -0.05) is 81.4 Å². The van der Waals surface area contributed by atoms with Gasteiger partial charge in [0.25, 0.3) is 0 Å². The molecule has 0 radical (unpaired) electrons. The Morgan fingerprint density at radius 1 is 0.754 bits per heavy atom. The number of hydrogen-bond acceptors (Lipinski definition) is 7. The molecule has 2 fully saturated rings. The number of rotatable bonds is 14. The number of nitrogens with zero attached hydrogens (tertiary/aromatic N) is 3. The van der Waals surface area contributed by atoms with Crippen molar-refractivity contribution in [1.82, 2.24) is 14.3 Å². The zero-order valence-corrected chi connectivity index (χ0v) is 33.9. The summed E-state index contributed by atoms with van der Waals surface area (Å²) < 4.78 is 27.9. The van der Waals surface area contributed by atoms with Crippen LogP contribution in [0.4, 0.5) is 0 Å². The first kappa shape index (κ1) is 38.6. The Kier molecular flexibility index (Phi) is 10.8. The second-order valence-corrected chi connectivity index (χ2v) is 17.1. The van der Waals surface area contributed by atoms with Gasteiger partial charge in [-0.15, -0.1) is 11.6 Å². The fourth-order valence-corrected chi connectivity index (χ4v) is 9.57. The number of halogens is 1. The van der Waals surface area contributed by atoms with Crippen LogP contribution in [0.1, 0.15) is 77.6 Å². The molecule has 8 rings (SSSR count). The topological polar surface area (TPSA) is 84.2 Å². The van der Waals surface area contributed by atoms with E-state index in [1.807, 2.05) is 113 Å². The van der Waals surface area contributed by atoms with Crippen LogP contribution in [0.25, 0.3) is 21.8 Å². The summed E-state index contributed by atoms with van der Waals surface area (Å²) in [5.74, 6) is 0.644. The van der Waals surface area contributed by atoms with E-state index in [4.69, 9.17) is 30.5 Å². The van der Waals surface area contributed by atoms with Crippen molar-refractivity contribution in [2.75, 3.05) is 32.2 Å². The van der Waals surface area contributed by atoms with Crippen LogP contribution < -0.4 is 9.47 Å². The first-order valence-electron chi connectivity index (χ1n) is 19.8. The molecule has 0 amide bonds. The van der Waals surface area contributed by atoms with Crippen molar-refractivity contribution in [1.29, 1.82) is 0 Å². The van der Waals surface area contributed by atoms with E-state index in [9.17, 15) is 9.59 Å². The normalized spacial score (nSPS) is 18.9. The van der Waals surface area contributed by atoms with E-state index in [-0.39, 0.29) is 13.2 Å². The van der Waals surface area contributed by atoms with Crippen molar-refractivity contribution in [3.63, 3.8) is 0 Å². The van der Waals surface area contributed by atoms with Gasteiger partial charge in [0.2, 0.25) is 0 Å². The summed E-state index contributed by atoms with van der Waals surface area (Å²) >= 11 is 5.95. The fraction of sp³-hybridized carbons (Fsp3) is 0.362. The maximum absolute atomic E-state index is 14.0. The van der Waals surface area contributed by atoms with Crippen LogP contribution >= 0.6 is 11.6 Å². The Hall–Kier alpha value is -5.25. The molecule has 2 bridgehead atoms. The molecule has 4 aromatic carbocycles. The molecule has 3 heterocycles. The lowest BCUT2D eigenvalue weighted by Gasteiger charge is -2.39. The third kappa shape index (κ3) is 8.14. The Balaban J connectivity index is 1.15. The van der Waals surface area contributed by atoms with Crippen LogP contribution in [0.15, 0.2) is 103 Å². The molecule has 296 valence electrons.